The van der Waals surface area contributed by atoms with Gasteiger partial charge in [0.1, 0.15) is 11.6 Å². The van der Waals surface area contributed by atoms with Crippen molar-refractivity contribution in [1.29, 1.82) is 0 Å². The lowest BCUT2D eigenvalue weighted by molar-refractivity contribution is -0.135. The number of likely N-dealkylation sites (N-methyl/N-ethyl adjacent to an activating group) is 1. The molecular weight excluding hydrogens is 440 g/mol. The number of ether oxygens (including phenoxy) is 1. The van der Waals surface area contributed by atoms with Crippen molar-refractivity contribution in [3.63, 3.8) is 0 Å². The van der Waals surface area contributed by atoms with Crippen molar-refractivity contribution in [2.24, 2.45) is 5.92 Å². The summed E-state index contributed by atoms with van der Waals surface area (Å²) in [5, 5.41) is 18.0. The van der Waals surface area contributed by atoms with E-state index in [2.05, 4.69) is 16.0 Å². The molecule has 10 nitrogen and oxygen atoms in total. The second kappa shape index (κ2) is 12.9. The first kappa shape index (κ1) is 28.9. The van der Waals surface area contributed by atoms with E-state index in [-0.39, 0.29) is 11.8 Å². The molecule has 0 aliphatic rings. The van der Waals surface area contributed by atoms with Crippen molar-refractivity contribution in [3.8, 4) is 0 Å². The van der Waals surface area contributed by atoms with Crippen LogP contribution in [-0.4, -0.2) is 72.2 Å². The molecule has 0 aliphatic heterocycles. The number of aliphatic hydroxyl groups is 1. The van der Waals surface area contributed by atoms with Gasteiger partial charge in [0.2, 0.25) is 11.8 Å². The fraction of sp³-hybridized carbons (Fsp3) is 0.583. The Kier molecular flexibility index (Phi) is 11.0. The Hall–Kier alpha value is -3.14. The molecule has 4 amide bonds. The second-order valence-electron chi connectivity index (χ2n) is 9.69. The van der Waals surface area contributed by atoms with E-state index in [1.54, 1.807) is 65.2 Å². The van der Waals surface area contributed by atoms with Crippen LogP contribution < -0.4 is 16.0 Å². The predicted octanol–water partition coefficient (Wildman–Crippen LogP) is 1.35. The van der Waals surface area contributed by atoms with Gasteiger partial charge in [-0.25, -0.2) is 4.79 Å². The van der Waals surface area contributed by atoms with Crippen molar-refractivity contribution in [2.45, 2.75) is 64.8 Å². The summed E-state index contributed by atoms with van der Waals surface area (Å²) in [6.45, 7) is 8.42. The smallest absolute Gasteiger partial charge is 0.407 e. The summed E-state index contributed by atoms with van der Waals surface area (Å²) >= 11 is 0. The van der Waals surface area contributed by atoms with Gasteiger partial charge < -0.3 is 30.7 Å². The molecule has 10 heteroatoms. The highest BCUT2D eigenvalue weighted by Gasteiger charge is 2.31. The van der Waals surface area contributed by atoms with Crippen LogP contribution in [0.25, 0.3) is 0 Å². The molecule has 190 valence electrons. The Labute approximate surface area is 201 Å². The van der Waals surface area contributed by atoms with E-state index in [1.807, 2.05) is 13.8 Å². The third kappa shape index (κ3) is 10.2. The van der Waals surface area contributed by atoms with Crippen molar-refractivity contribution < 1.29 is 29.0 Å². The maximum Gasteiger partial charge on any atom is 0.407 e. The number of hydrogen-bond acceptors (Lipinski definition) is 6. The van der Waals surface area contributed by atoms with E-state index < -0.39 is 48.2 Å². The minimum Gasteiger partial charge on any atom is -0.444 e. The van der Waals surface area contributed by atoms with Gasteiger partial charge in [-0.1, -0.05) is 44.2 Å². The topological polar surface area (TPSA) is 137 Å². The zero-order valence-electron chi connectivity index (χ0n) is 21.0. The van der Waals surface area contributed by atoms with Crippen LogP contribution in [0.2, 0.25) is 0 Å². The molecule has 4 N–H and O–H groups in total. The maximum atomic E-state index is 12.6. The third-order valence-electron chi connectivity index (χ3n) is 4.63. The molecule has 1 rings (SSSR count). The first-order chi connectivity index (χ1) is 15.7. The Bertz CT molecular complexity index is 836. The number of nitrogens with zero attached hydrogens (tertiary/aromatic N) is 1. The number of nitrogens with one attached hydrogen (secondary N) is 3. The van der Waals surface area contributed by atoms with Gasteiger partial charge in [0.05, 0.1) is 12.6 Å². The van der Waals surface area contributed by atoms with Gasteiger partial charge in [-0.3, -0.25) is 14.4 Å². The van der Waals surface area contributed by atoms with E-state index >= 15 is 0 Å². The van der Waals surface area contributed by atoms with E-state index in [4.69, 9.17) is 4.74 Å². The standard InChI is InChI=1S/C24H38N4O6/c1-15(2)13-17(26-23(33)34-24(3,4)5)20(30)21(31)25-14-18(29)27-19(22(32)28(6)7)16-11-9-8-10-12-16/h8-12,15,17,19-20,30H,13-14H2,1-7H3,(H,25,31)(H,26,33)(H,27,29). The summed E-state index contributed by atoms with van der Waals surface area (Å²) in [6.07, 6.45) is -2.04. The van der Waals surface area contributed by atoms with E-state index in [1.165, 1.54) is 4.90 Å². The van der Waals surface area contributed by atoms with Crippen LogP contribution in [0.1, 0.15) is 52.6 Å². The summed E-state index contributed by atoms with van der Waals surface area (Å²) in [4.78, 5) is 51.1. The molecule has 0 fully saturated rings. The maximum absolute atomic E-state index is 12.6. The monoisotopic (exact) mass is 478 g/mol. The van der Waals surface area contributed by atoms with Gasteiger partial charge in [-0.2, -0.15) is 0 Å². The lowest BCUT2D eigenvalue weighted by Crippen LogP contribution is -2.53. The summed E-state index contributed by atoms with van der Waals surface area (Å²) < 4.78 is 5.21. The van der Waals surface area contributed by atoms with Crippen molar-refractivity contribution in [1.82, 2.24) is 20.9 Å². The molecule has 0 heterocycles. The van der Waals surface area contributed by atoms with Gasteiger partial charge in [0, 0.05) is 14.1 Å². The van der Waals surface area contributed by atoms with E-state index in [0.717, 1.165) is 0 Å². The first-order valence-electron chi connectivity index (χ1n) is 11.2. The summed E-state index contributed by atoms with van der Waals surface area (Å²) in [5.74, 6) is -1.70. The molecule has 0 spiro atoms. The average Bonchev–Trinajstić information content (AvgIpc) is 2.73. The normalized spacial score (nSPS) is 13.9. The SMILES string of the molecule is CC(C)CC(NC(=O)OC(C)(C)C)C(O)C(=O)NCC(=O)NC(C(=O)N(C)C)c1ccccc1. The van der Waals surface area contributed by atoms with Gasteiger partial charge in [0.25, 0.3) is 5.91 Å². The van der Waals surface area contributed by atoms with Crippen LogP contribution in [0.5, 0.6) is 0 Å². The number of aliphatic hydroxyl groups excluding tert-OH is 1. The molecule has 0 saturated heterocycles. The molecule has 1 aromatic rings. The highest BCUT2D eigenvalue weighted by molar-refractivity contribution is 5.91. The Morgan fingerprint density at radius 2 is 1.62 bits per heavy atom. The van der Waals surface area contributed by atoms with Gasteiger partial charge in [-0.05, 0) is 38.7 Å². The first-order valence-corrected chi connectivity index (χ1v) is 11.2. The molecule has 0 saturated carbocycles. The number of rotatable bonds is 10. The zero-order chi connectivity index (χ0) is 26.1. The summed E-state index contributed by atoms with van der Waals surface area (Å²) in [6, 6.07) is 6.90. The lowest BCUT2D eigenvalue weighted by Gasteiger charge is -2.27. The zero-order valence-corrected chi connectivity index (χ0v) is 21.0. The summed E-state index contributed by atoms with van der Waals surface area (Å²) in [5.41, 5.74) is -0.142. The van der Waals surface area contributed by atoms with Crippen LogP contribution in [-0.2, 0) is 19.1 Å². The van der Waals surface area contributed by atoms with Gasteiger partial charge >= 0.3 is 6.09 Å². The van der Waals surface area contributed by atoms with Crippen LogP contribution in [0.4, 0.5) is 4.79 Å². The van der Waals surface area contributed by atoms with Crippen LogP contribution in [0.15, 0.2) is 30.3 Å². The molecule has 3 unspecified atom stereocenters. The number of amides is 4. The third-order valence-corrected chi connectivity index (χ3v) is 4.63. The lowest BCUT2D eigenvalue weighted by atomic mass is 9.98. The largest absolute Gasteiger partial charge is 0.444 e. The molecule has 0 radical (unpaired) electrons. The van der Waals surface area contributed by atoms with Crippen LogP contribution >= 0.6 is 0 Å². The number of benzene rings is 1. The number of carbonyl (C=O) groups excluding carboxylic acids is 4. The highest BCUT2D eigenvalue weighted by Crippen LogP contribution is 2.15. The quantitative estimate of drug-likeness (QED) is 0.401. The number of alkyl carbamates (subject to hydrolysis) is 1. The Balaban J connectivity index is 2.79. The van der Waals surface area contributed by atoms with Gasteiger partial charge in [-0.15, -0.1) is 0 Å². The van der Waals surface area contributed by atoms with Crippen molar-refractivity contribution in [3.05, 3.63) is 35.9 Å². The van der Waals surface area contributed by atoms with E-state index in [0.29, 0.717) is 12.0 Å². The number of hydrogen-bond donors (Lipinski definition) is 4. The Morgan fingerprint density at radius 3 is 2.12 bits per heavy atom. The molecule has 3 atom stereocenters. The minimum absolute atomic E-state index is 0.0642. The fourth-order valence-electron chi connectivity index (χ4n) is 3.09. The molecule has 0 aromatic heterocycles. The average molecular weight is 479 g/mol. The van der Waals surface area contributed by atoms with Crippen LogP contribution in [0.3, 0.4) is 0 Å². The minimum atomic E-state index is -1.60. The molecule has 0 bridgehead atoms. The summed E-state index contributed by atoms with van der Waals surface area (Å²) in [7, 11) is 3.16. The molecule has 1 aromatic carbocycles. The predicted molar refractivity (Wildman–Crippen MR) is 128 cm³/mol. The van der Waals surface area contributed by atoms with Crippen molar-refractivity contribution in [2.75, 3.05) is 20.6 Å². The van der Waals surface area contributed by atoms with E-state index in [9.17, 15) is 24.3 Å². The second-order valence-corrected chi connectivity index (χ2v) is 9.69. The van der Waals surface area contributed by atoms with Gasteiger partial charge in [0.15, 0.2) is 6.10 Å². The molecule has 0 aliphatic carbocycles. The highest BCUT2D eigenvalue weighted by atomic mass is 16.6. The molecular formula is C24H38N4O6. The Morgan fingerprint density at radius 1 is 1.03 bits per heavy atom. The van der Waals surface area contributed by atoms with Crippen LogP contribution in [0, 0.1) is 5.92 Å². The van der Waals surface area contributed by atoms with Crippen molar-refractivity contribution >= 4 is 23.8 Å². The molecule has 34 heavy (non-hydrogen) atoms. The number of carbonyl (C=O) groups is 4. The fourth-order valence-corrected chi connectivity index (χ4v) is 3.09.